The van der Waals surface area contributed by atoms with E-state index in [1.807, 2.05) is 52.0 Å². The maximum atomic E-state index is 12.5. The van der Waals surface area contributed by atoms with Gasteiger partial charge in [-0.2, -0.15) is 0 Å². The second kappa shape index (κ2) is 5.51. The first-order valence-corrected chi connectivity index (χ1v) is 6.73. The van der Waals surface area contributed by atoms with Crippen LogP contribution in [0.5, 0.6) is 0 Å². The molecule has 106 valence electrons. The summed E-state index contributed by atoms with van der Waals surface area (Å²) in [5.41, 5.74) is 5.82. The summed E-state index contributed by atoms with van der Waals surface area (Å²) in [4.78, 5) is 14.2. The summed E-state index contributed by atoms with van der Waals surface area (Å²) in [6, 6.07) is 7.54. The molecule has 1 rings (SSSR count). The summed E-state index contributed by atoms with van der Waals surface area (Å²) in [5, 5.41) is 0.673. The van der Waals surface area contributed by atoms with Gasteiger partial charge >= 0.3 is 0 Å². The van der Waals surface area contributed by atoms with E-state index in [9.17, 15) is 4.79 Å². The van der Waals surface area contributed by atoms with Crippen LogP contribution in [-0.2, 0) is 11.3 Å². The summed E-state index contributed by atoms with van der Waals surface area (Å²) >= 11 is 6.11. The molecule has 0 bridgehead atoms. The molecule has 3 nitrogen and oxygen atoms in total. The minimum Gasteiger partial charge on any atom is -0.341 e. The van der Waals surface area contributed by atoms with E-state index in [0.717, 1.165) is 5.56 Å². The van der Waals surface area contributed by atoms with Gasteiger partial charge in [-0.1, -0.05) is 29.8 Å². The molecule has 1 aromatic carbocycles. The van der Waals surface area contributed by atoms with Gasteiger partial charge in [0.15, 0.2) is 0 Å². The minimum atomic E-state index is -0.636. The lowest BCUT2D eigenvalue weighted by Crippen LogP contribution is -2.55. The number of carbonyl (C=O) groups excluding carboxylic acids is 1. The molecule has 0 aliphatic rings. The van der Waals surface area contributed by atoms with Gasteiger partial charge in [-0.05, 0) is 39.3 Å². The van der Waals surface area contributed by atoms with Crippen molar-refractivity contribution in [2.24, 2.45) is 11.1 Å². The van der Waals surface area contributed by atoms with E-state index in [4.69, 9.17) is 17.3 Å². The van der Waals surface area contributed by atoms with E-state index in [1.165, 1.54) is 0 Å². The van der Waals surface area contributed by atoms with Crippen molar-refractivity contribution in [3.8, 4) is 0 Å². The van der Waals surface area contributed by atoms with Crippen molar-refractivity contribution < 1.29 is 4.79 Å². The molecule has 1 amide bonds. The molecule has 19 heavy (non-hydrogen) atoms. The molecule has 4 heteroatoms. The third kappa shape index (κ3) is 3.48. The highest BCUT2D eigenvalue weighted by atomic mass is 35.5. The zero-order chi connectivity index (χ0) is 14.8. The standard InChI is InChI=1S/C15H23ClN2O/c1-14(2,15(3,4)17)13(19)18(5)10-11-8-6-7-9-12(11)16/h6-9H,10,17H2,1-5H3. The first kappa shape index (κ1) is 16.0. The molecule has 0 aliphatic heterocycles. The van der Waals surface area contributed by atoms with Gasteiger partial charge in [0, 0.05) is 24.2 Å². The maximum absolute atomic E-state index is 12.5. The van der Waals surface area contributed by atoms with Gasteiger partial charge in [0.1, 0.15) is 0 Å². The van der Waals surface area contributed by atoms with Crippen molar-refractivity contribution >= 4 is 17.5 Å². The predicted molar refractivity (Wildman–Crippen MR) is 80.0 cm³/mol. The van der Waals surface area contributed by atoms with Gasteiger partial charge in [-0.3, -0.25) is 4.79 Å². The van der Waals surface area contributed by atoms with Gasteiger partial charge in [-0.25, -0.2) is 0 Å². The third-order valence-electron chi connectivity index (χ3n) is 3.86. The van der Waals surface area contributed by atoms with Crippen LogP contribution in [0.1, 0.15) is 33.3 Å². The van der Waals surface area contributed by atoms with Gasteiger partial charge in [-0.15, -0.1) is 0 Å². The smallest absolute Gasteiger partial charge is 0.230 e. The SMILES string of the molecule is CN(Cc1ccccc1Cl)C(=O)C(C)(C)C(C)(C)N. The summed E-state index contributed by atoms with van der Waals surface area (Å²) in [6.07, 6.45) is 0. The maximum Gasteiger partial charge on any atom is 0.230 e. The number of rotatable bonds is 4. The Morgan fingerprint density at radius 1 is 1.26 bits per heavy atom. The van der Waals surface area contributed by atoms with E-state index >= 15 is 0 Å². The molecule has 0 unspecified atom stereocenters. The fourth-order valence-electron chi connectivity index (χ4n) is 1.71. The Balaban J connectivity index is 2.88. The second-order valence-corrected chi connectivity index (χ2v) is 6.51. The molecule has 0 aliphatic carbocycles. The Morgan fingerprint density at radius 2 is 1.79 bits per heavy atom. The Labute approximate surface area is 120 Å². The highest BCUT2D eigenvalue weighted by molar-refractivity contribution is 6.31. The zero-order valence-corrected chi connectivity index (χ0v) is 13.1. The van der Waals surface area contributed by atoms with Crippen molar-refractivity contribution in [1.29, 1.82) is 0 Å². The van der Waals surface area contributed by atoms with Gasteiger partial charge in [0.05, 0.1) is 5.41 Å². The van der Waals surface area contributed by atoms with E-state index in [2.05, 4.69) is 0 Å². The van der Waals surface area contributed by atoms with Gasteiger partial charge in [0.2, 0.25) is 5.91 Å². The Bertz CT molecular complexity index is 463. The molecule has 0 atom stereocenters. The Hall–Kier alpha value is -1.06. The van der Waals surface area contributed by atoms with Gasteiger partial charge < -0.3 is 10.6 Å². The van der Waals surface area contributed by atoms with Gasteiger partial charge in [0.25, 0.3) is 0 Å². The largest absolute Gasteiger partial charge is 0.341 e. The topological polar surface area (TPSA) is 46.3 Å². The quantitative estimate of drug-likeness (QED) is 0.922. The molecule has 0 fully saturated rings. The molecule has 2 N–H and O–H groups in total. The zero-order valence-electron chi connectivity index (χ0n) is 12.3. The normalized spacial score (nSPS) is 12.4. The molecule has 1 aromatic rings. The van der Waals surface area contributed by atoms with Crippen LogP contribution in [0.3, 0.4) is 0 Å². The molecule has 0 heterocycles. The number of hydrogen-bond donors (Lipinski definition) is 1. The van der Waals surface area contributed by atoms with Crippen molar-refractivity contribution in [1.82, 2.24) is 4.90 Å². The van der Waals surface area contributed by atoms with Crippen LogP contribution in [-0.4, -0.2) is 23.4 Å². The number of halogens is 1. The van der Waals surface area contributed by atoms with E-state index < -0.39 is 11.0 Å². The number of carbonyl (C=O) groups is 1. The van der Waals surface area contributed by atoms with E-state index in [0.29, 0.717) is 11.6 Å². The van der Waals surface area contributed by atoms with Crippen LogP contribution in [0.4, 0.5) is 0 Å². The van der Waals surface area contributed by atoms with Crippen molar-refractivity contribution in [3.05, 3.63) is 34.9 Å². The van der Waals surface area contributed by atoms with Crippen LogP contribution in [0.15, 0.2) is 24.3 Å². The summed E-state index contributed by atoms with van der Waals surface area (Å²) in [6.45, 7) is 7.97. The highest BCUT2D eigenvalue weighted by Gasteiger charge is 2.41. The molecule has 0 spiro atoms. The molecule has 0 radical (unpaired) electrons. The molecular formula is C15H23ClN2O. The van der Waals surface area contributed by atoms with Crippen molar-refractivity contribution in [2.45, 2.75) is 39.8 Å². The minimum absolute atomic E-state index is 0.0138. The molecule has 0 saturated heterocycles. The summed E-state index contributed by atoms with van der Waals surface area (Å²) in [7, 11) is 1.78. The fourth-order valence-corrected chi connectivity index (χ4v) is 1.90. The first-order valence-electron chi connectivity index (χ1n) is 6.35. The highest BCUT2D eigenvalue weighted by Crippen LogP contribution is 2.31. The second-order valence-electron chi connectivity index (χ2n) is 6.10. The van der Waals surface area contributed by atoms with Crippen LogP contribution >= 0.6 is 11.6 Å². The first-order chi connectivity index (χ1) is 8.57. The molecule has 0 aromatic heterocycles. The predicted octanol–water partition coefficient (Wildman–Crippen LogP) is 3.06. The lowest BCUT2D eigenvalue weighted by Gasteiger charge is -2.39. The molecular weight excluding hydrogens is 260 g/mol. The fraction of sp³-hybridized carbons (Fsp3) is 0.533. The Morgan fingerprint density at radius 3 is 2.26 bits per heavy atom. The lowest BCUT2D eigenvalue weighted by atomic mass is 9.74. The summed E-state index contributed by atoms with van der Waals surface area (Å²) in [5.74, 6) is 0.0138. The number of amides is 1. The van der Waals surface area contributed by atoms with Crippen LogP contribution in [0, 0.1) is 5.41 Å². The van der Waals surface area contributed by atoms with E-state index in [1.54, 1.807) is 11.9 Å². The summed E-state index contributed by atoms with van der Waals surface area (Å²) < 4.78 is 0. The lowest BCUT2D eigenvalue weighted by molar-refractivity contribution is -0.142. The number of benzene rings is 1. The third-order valence-corrected chi connectivity index (χ3v) is 4.23. The Kier molecular flexibility index (Phi) is 4.64. The number of hydrogen-bond acceptors (Lipinski definition) is 2. The van der Waals surface area contributed by atoms with Crippen LogP contribution in [0.2, 0.25) is 5.02 Å². The molecule has 0 saturated carbocycles. The van der Waals surface area contributed by atoms with Crippen LogP contribution < -0.4 is 5.73 Å². The van der Waals surface area contributed by atoms with Crippen molar-refractivity contribution in [3.63, 3.8) is 0 Å². The average molecular weight is 283 g/mol. The van der Waals surface area contributed by atoms with E-state index in [-0.39, 0.29) is 5.91 Å². The van der Waals surface area contributed by atoms with Crippen molar-refractivity contribution in [2.75, 3.05) is 7.05 Å². The number of nitrogens with two attached hydrogens (primary N) is 1. The average Bonchev–Trinajstić information content (AvgIpc) is 2.29. The van der Waals surface area contributed by atoms with Crippen LogP contribution in [0.25, 0.3) is 0 Å². The monoisotopic (exact) mass is 282 g/mol. The number of nitrogens with zero attached hydrogens (tertiary/aromatic N) is 1.